The molecule has 2 aromatic heterocycles. The number of rotatable bonds is 6. The number of pyridine rings is 1. The first-order chi connectivity index (χ1) is 13.1. The van der Waals surface area contributed by atoms with Gasteiger partial charge in [-0.1, -0.05) is 0 Å². The Balaban J connectivity index is 1.61. The molecule has 0 bridgehead atoms. The lowest BCUT2D eigenvalue weighted by Crippen LogP contribution is -2.50. The maximum atomic E-state index is 13.8. The number of halogens is 1. The number of carbonyl (C=O) groups is 2. The Hall–Kier alpha value is -2.88. The Labute approximate surface area is 155 Å². The molecule has 10 heteroatoms. The number of methoxy groups -OCH3 is 1. The van der Waals surface area contributed by atoms with Crippen LogP contribution in [-0.4, -0.2) is 51.2 Å². The summed E-state index contributed by atoms with van der Waals surface area (Å²) in [5.41, 5.74) is -0.0863. The zero-order valence-corrected chi connectivity index (χ0v) is 14.8. The summed E-state index contributed by atoms with van der Waals surface area (Å²) in [6.45, 7) is 0.252. The van der Waals surface area contributed by atoms with Gasteiger partial charge >= 0.3 is 0 Å². The van der Waals surface area contributed by atoms with E-state index in [9.17, 15) is 14.0 Å². The van der Waals surface area contributed by atoms with E-state index in [1.165, 1.54) is 18.6 Å². The molecule has 2 heterocycles. The molecule has 144 valence electrons. The lowest BCUT2D eigenvalue weighted by Gasteiger charge is -2.35. The second kappa shape index (κ2) is 8.67. The van der Waals surface area contributed by atoms with Gasteiger partial charge in [-0.25, -0.2) is 9.37 Å². The van der Waals surface area contributed by atoms with Crippen molar-refractivity contribution >= 4 is 11.8 Å². The third-order valence-electron chi connectivity index (χ3n) is 4.69. The van der Waals surface area contributed by atoms with Gasteiger partial charge < -0.3 is 15.4 Å². The first kappa shape index (κ1) is 18.9. The number of ether oxygens (including phenoxy) is 1. The van der Waals surface area contributed by atoms with Crippen LogP contribution in [0.3, 0.4) is 0 Å². The maximum absolute atomic E-state index is 13.8. The third kappa shape index (κ3) is 4.64. The molecule has 27 heavy (non-hydrogen) atoms. The molecule has 0 aliphatic heterocycles. The molecule has 3 rings (SSSR count). The fourth-order valence-corrected chi connectivity index (χ4v) is 3.25. The summed E-state index contributed by atoms with van der Waals surface area (Å²) in [5.74, 6) is -1.10. The van der Waals surface area contributed by atoms with Crippen LogP contribution in [0.5, 0.6) is 0 Å². The van der Waals surface area contributed by atoms with Crippen molar-refractivity contribution in [2.24, 2.45) is 5.92 Å². The van der Waals surface area contributed by atoms with Gasteiger partial charge in [-0.15, -0.1) is 0 Å². The Morgan fingerprint density at radius 1 is 1.41 bits per heavy atom. The number of aromatic amines is 1. The van der Waals surface area contributed by atoms with Crippen LogP contribution in [0.15, 0.2) is 24.8 Å². The van der Waals surface area contributed by atoms with Gasteiger partial charge in [0.15, 0.2) is 5.82 Å². The van der Waals surface area contributed by atoms with Crippen molar-refractivity contribution in [2.45, 2.75) is 38.0 Å². The number of carbonyl (C=O) groups excluding carboxylic acids is 2. The monoisotopic (exact) mass is 376 g/mol. The SMILES string of the molecule is CO[C@@H]1CC[C@H](C(=O)NCc2ncn[nH]2)C[C@H]1NC(=O)c1ccncc1F. The fourth-order valence-electron chi connectivity index (χ4n) is 3.25. The standard InChI is InChI=1S/C17H21FN6O3/c1-27-14-3-2-10(16(25)20-8-15-21-9-22-24-15)6-13(14)23-17(26)11-4-5-19-7-12(11)18/h4-5,7,9-10,13-14H,2-3,6,8H2,1H3,(H,20,25)(H,23,26)(H,21,22,24)/t10-,13+,14+/m0/s1. The molecule has 0 radical (unpaired) electrons. The molecule has 3 atom stereocenters. The highest BCUT2D eigenvalue weighted by atomic mass is 19.1. The number of nitrogens with zero attached hydrogens (tertiary/aromatic N) is 3. The molecule has 3 N–H and O–H groups in total. The third-order valence-corrected chi connectivity index (χ3v) is 4.69. The fraction of sp³-hybridized carbons (Fsp3) is 0.471. The molecule has 1 aliphatic carbocycles. The van der Waals surface area contributed by atoms with Crippen molar-refractivity contribution in [3.63, 3.8) is 0 Å². The van der Waals surface area contributed by atoms with Gasteiger partial charge in [-0.2, -0.15) is 5.10 Å². The molecule has 0 unspecified atom stereocenters. The predicted octanol–water partition coefficient (Wildman–Crippen LogP) is 0.569. The minimum absolute atomic E-state index is 0.0863. The minimum Gasteiger partial charge on any atom is -0.379 e. The zero-order chi connectivity index (χ0) is 19.2. The maximum Gasteiger partial charge on any atom is 0.254 e. The normalized spacial score (nSPS) is 22.2. The summed E-state index contributed by atoms with van der Waals surface area (Å²) in [5, 5.41) is 12.0. The molecule has 2 amide bonds. The van der Waals surface area contributed by atoms with E-state index in [1.54, 1.807) is 7.11 Å². The Morgan fingerprint density at radius 2 is 2.26 bits per heavy atom. The molecule has 9 nitrogen and oxygen atoms in total. The lowest BCUT2D eigenvalue weighted by molar-refractivity contribution is -0.127. The van der Waals surface area contributed by atoms with Crippen molar-refractivity contribution in [2.75, 3.05) is 7.11 Å². The smallest absolute Gasteiger partial charge is 0.254 e. The van der Waals surface area contributed by atoms with Crippen LogP contribution in [0.2, 0.25) is 0 Å². The zero-order valence-electron chi connectivity index (χ0n) is 14.8. The molecule has 0 saturated heterocycles. The summed E-state index contributed by atoms with van der Waals surface area (Å²) in [6.07, 6.45) is 5.12. The summed E-state index contributed by atoms with van der Waals surface area (Å²) in [4.78, 5) is 32.4. The minimum atomic E-state index is -0.693. The van der Waals surface area contributed by atoms with Crippen molar-refractivity contribution in [3.05, 3.63) is 42.0 Å². The second-order valence-electron chi connectivity index (χ2n) is 6.37. The first-order valence-electron chi connectivity index (χ1n) is 8.63. The van der Waals surface area contributed by atoms with E-state index >= 15 is 0 Å². The van der Waals surface area contributed by atoms with Crippen LogP contribution in [-0.2, 0) is 16.1 Å². The quantitative estimate of drug-likeness (QED) is 0.678. The van der Waals surface area contributed by atoms with Gasteiger partial charge in [0.2, 0.25) is 5.91 Å². The predicted molar refractivity (Wildman–Crippen MR) is 91.8 cm³/mol. The Morgan fingerprint density at radius 3 is 2.96 bits per heavy atom. The topological polar surface area (TPSA) is 122 Å². The lowest BCUT2D eigenvalue weighted by atomic mass is 9.83. The number of aromatic nitrogens is 4. The van der Waals surface area contributed by atoms with Crippen molar-refractivity contribution in [3.8, 4) is 0 Å². The van der Waals surface area contributed by atoms with Crippen LogP contribution in [0.4, 0.5) is 4.39 Å². The molecular weight excluding hydrogens is 355 g/mol. The number of hydrogen-bond acceptors (Lipinski definition) is 6. The van der Waals surface area contributed by atoms with E-state index in [-0.39, 0.29) is 30.0 Å². The first-order valence-corrected chi connectivity index (χ1v) is 8.63. The summed E-state index contributed by atoms with van der Waals surface area (Å²) in [7, 11) is 1.56. The van der Waals surface area contributed by atoms with E-state index in [4.69, 9.17) is 4.74 Å². The van der Waals surface area contributed by atoms with Crippen LogP contribution < -0.4 is 10.6 Å². The van der Waals surface area contributed by atoms with Crippen molar-refractivity contribution in [1.82, 2.24) is 30.8 Å². The second-order valence-corrected chi connectivity index (χ2v) is 6.37. The Bertz CT molecular complexity index is 785. The number of hydrogen-bond donors (Lipinski definition) is 3. The van der Waals surface area contributed by atoms with Gasteiger partial charge in [0.1, 0.15) is 12.2 Å². The summed E-state index contributed by atoms with van der Waals surface area (Å²) in [6, 6.07) is 0.918. The molecule has 2 aromatic rings. The highest BCUT2D eigenvalue weighted by molar-refractivity contribution is 5.94. The highest BCUT2D eigenvalue weighted by Gasteiger charge is 2.35. The Kier molecular flexibility index (Phi) is 6.07. The van der Waals surface area contributed by atoms with E-state index < -0.39 is 17.8 Å². The average Bonchev–Trinajstić information content (AvgIpc) is 3.20. The number of H-pyrrole nitrogens is 1. The van der Waals surface area contributed by atoms with Gasteiger partial charge in [-0.3, -0.25) is 19.7 Å². The van der Waals surface area contributed by atoms with Gasteiger partial charge in [0, 0.05) is 19.2 Å². The molecular formula is C17H21FN6O3. The van der Waals surface area contributed by atoms with E-state index in [0.29, 0.717) is 25.1 Å². The molecule has 1 aliphatic rings. The summed E-state index contributed by atoms with van der Waals surface area (Å²) >= 11 is 0. The highest BCUT2D eigenvalue weighted by Crippen LogP contribution is 2.27. The van der Waals surface area contributed by atoms with Crippen LogP contribution in [0.25, 0.3) is 0 Å². The van der Waals surface area contributed by atoms with Crippen molar-refractivity contribution in [1.29, 1.82) is 0 Å². The van der Waals surface area contributed by atoms with Gasteiger partial charge in [0.25, 0.3) is 5.91 Å². The average molecular weight is 376 g/mol. The largest absolute Gasteiger partial charge is 0.379 e. The van der Waals surface area contributed by atoms with Crippen molar-refractivity contribution < 1.29 is 18.7 Å². The van der Waals surface area contributed by atoms with Gasteiger partial charge in [0.05, 0.1) is 30.5 Å². The molecule has 1 saturated carbocycles. The molecule has 1 fully saturated rings. The number of amides is 2. The van der Waals surface area contributed by atoms with E-state index in [2.05, 4.69) is 30.8 Å². The summed E-state index contributed by atoms with van der Waals surface area (Å²) < 4.78 is 19.2. The van der Waals surface area contributed by atoms with Gasteiger partial charge in [-0.05, 0) is 25.3 Å². The molecule has 0 spiro atoms. The van der Waals surface area contributed by atoms with E-state index in [1.807, 2.05) is 0 Å². The van der Waals surface area contributed by atoms with E-state index in [0.717, 1.165) is 6.20 Å². The number of nitrogens with one attached hydrogen (secondary N) is 3. The molecule has 0 aromatic carbocycles. The van der Waals surface area contributed by atoms with Crippen LogP contribution in [0, 0.1) is 11.7 Å². The van der Waals surface area contributed by atoms with Crippen LogP contribution in [0.1, 0.15) is 35.4 Å². The van der Waals surface area contributed by atoms with Crippen LogP contribution >= 0.6 is 0 Å².